The lowest BCUT2D eigenvalue weighted by molar-refractivity contribution is 0.111. The van der Waals surface area contributed by atoms with E-state index in [0.717, 1.165) is 32.3 Å². The van der Waals surface area contributed by atoms with Crippen LogP contribution in [0.5, 0.6) is 0 Å². The van der Waals surface area contributed by atoms with E-state index in [-0.39, 0.29) is 12.1 Å². The summed E-state index contributed by atoms with van der Waals surface area (Å²) in [6, 6.07) is 0.379. The van der Waals surface area contributed by atoms with Crippen molar-refractivity contribution in [3.05, 3.63) is 0 Å². The van der Waals surface area contributed by atoms with Crippen LogP contribution in [0.3, 0.4) is 0 Å². The van der Waals surface area contributed by atoms with E-state index in [4.69, 9.17) is 4.74 Å². The van der Waals surface area contributed by atoms with Gasteiger partial charge in [0.2, 0.25) is 0 Å². The molecule has 2 aliphatic rings. The molecule has 2 amide bonds. The zero-order valence-electron chi connectivity index (χ0n) is 8.42. The molecule has 0 aromatic carbocycles. The van der Waals surface area contributed by atoms with Gasteiger partial charge in [-0.15, -0.1) is 0 Å². The minimum Gasteiger partial charge on any atom is -0.376 e. The Hall–Kier alpha value is -0.770. The number of carbonyl (C=O) groups is 1. The first-order chi connectivity index (χ1) is 6.84. The molecule has 4 heteroatoms. The smallest absolute Gasteiger partial charge is 0.315 e. The molecule has 1 unspecified atom stereocenters. The Kier molecular flexibility index (Phi) is 3.24. The molecule has 0 aromatic heterocycles. The van der Waals surface area contributed by atoms with Gasteiger partial charge in [0.1, 0.15) is 0 Å². The molecular formula is C10H18N2O2. The normalized spacial score (nSPS) is 27.0. The minimum absolute atomic E-state index is 0.0369. The van der Waals surface area contributed by atoms with Crippen molar-refractivity contribution in [3.8, 4) is 0 Å². The number of carbonyl (C=O) groups excluding carboxylic acids is 1. The van der Waals surface area contributed by atoms with E-state index in [1.54, 1.807) is 0 Å². The third kappa shape index (κ3) is 2.61. The lowest BCUT2D eigenvalue weighted by Gasteiger charge is -2.26. The van der Waals surface area contributed by atoms with Gasteiger partial charge in [-0.1, -0.05) is 0 Å². The number of hydrogen-bond acceptors (Lipinski definition) is 2. The van der Waals surface area contributed by atoms with E-state index in [9.17, 15) is 4.79 Å². The maximum Gasteiger partial charge on any atom is 0.315 e. The zero-order chi connectivity index (χ0) is 9.80. The van der Waals surface area contributed by atoms with E-state index in [1.165, 1.54) is 6.42 Å². The Bertz CT molecular complexity index is 198. The van der Waals surface area contributed by atoms with Crippen LogP contribution in [0, 0.1) is 0 Å². The van der Waals surface area contributed by atoms with Crippen LogP contribution in [0.1, 0.15) is 32.1 Å². The molecule has 0 radical (unpaired) electrons. The maximum absolute atomic E-state index is 11.3. The van der Waals surface area contributed by atoms with Crippen LogP contribution in [0.4, 0.5) is 4.79 Å². The molecule has 1 saturated heterocycles. The highest BCUT2D eigenvalue weighted by molar-refractivity contribution is 5.74. The van der Waals surface area contributed by atoms with Crippen LogP contribution in [0.2, 0.25) is 0 Å². The predicted octanol–water partition coefficient (Wildman–Crippen LogP) is 1.02. The summed E-state index contributed by atoms with van der Waals surface area (Å²) >= 11 is 0. The molecule has 80 valence electrons. The van der Waals surface area contributed by atoms with Gasteiger partial charge in [-0.25, -0.2) is 4.79 Å². The highest BCUT2D eigenvalue weighted by Crippen LogP contribution is 2.17. The molecule has 4 nitrogen and oxygen atoms in total. The van der Waals surface area contributed by atoms with Gasteiger partial charge in [0.05, 0.1) is 6.10 Å². The fourth-order valence-corrected chi connectivity index (χ4v) is 1.80. The van der Waals surface area contributed by atoms with E-state index < -0.39 is 0 Å². The molecule has 14 heavy (non-hydrogen) atoms. The summed E-state index contributed by atoms with van der Waals surface area (Å²) in [7, 11) is 0. The van der Waals surface area contributed by atoms with Crippen molar-refractivity contribution >= 4 is 6.03 Å². The van der Waals surface area contributed by atoms with Gasteiger partial charge >= 0.3 is 6.03 Å². The molecule has 0 bridgehead atoms. The number of rotatable bonds is 3. The molecule has 2 fully saturated rings. The second-order valence-electron chi connectivity index (χ2n) is 4.12. The van der Waals surface area contributed by atoms with Gasteiger partial charge in [-0.3, -0.25) is 0 Å². The van der Waals surface area contributed by atoms with Crippen LogP contribution >= 0.6 is 0 Å². The van der Waals surface area contributed by atoms with E-state index in [0.29, 0.717) is 12.6 Å². The summed E-state index contributed by atoms with van der Waals surface area (Å²) in [5.74, 6) is 0. The molecule has 2 rings (SSSR count). The van der Waals surface area contributed by atoms with Gasteiger partial charge in [0, 0.05) is 19.2 Å². The van der Waals surface area contributed by atoms with Crippen molar-refractivity contribution in [2.75, 3.05) is 13.2 Å². The van der Waals surface area contributed by atoms with Crippen molar-refractivity contribution in [2.24, 2.45) is 0 Å². The summed E-state index contributed by atoms with van der Waals surface area (Å²) < 4.78 is 5.41. The predicted molar refractivity (Wildman–Crippen MR) is 53.1 cm³/mol. The summed E-state index contributed by atoms with van der Waals surface area (Å²) in [5, 5.41) is 5.78. The molecule has 1 aliphatic carbocycles. The van der Waals surface area contributed by atoms with Crippen molar-refractivity contribution in [1.29, 1.82) is 0 Å². The van der Waals surface area contributed by atoms with Crippen molar-refractivity contribution in [3.63, 3.8) is 0 Å². The van der Waals surface area contributed by atoms with Crippen molar-refractivity contribution in [2.45, 2.75) is 44.2 Å². The second-order valence-corrected chi connectivity index (χ2v) is 4.12. The standard InChI is InChI=1S/C10H18N2O2/c13-10(12-8-3-1-4-8)11-7-9-5-2-6-14-9/h8-9H,1-7H2,(H2,11,12,13). The zero-order valence-corrected chi connectivity index (χ0v) is 8.42. The molecule has 1 heterocycles. The molecule has 1 aliphatic heterocycles. The lowest BCUT2D eigenvalue weighted by Crippen LogP contribution is -2.46. The average Bonchev–Trinajstić information content (AvgIpc) is 2.60. The van der Waals surface area contributed by atoms with Gasteiger partial charge in [0.15, 0.2) is 0 Å². The molecule has 2 N–H and O–H groups in total. The summed E-state index contributed by atoms with van der Waals surface area (Å²) in [4.78, 5) is 11.3. The van der Waals surface area contributed by atoms with Crippen LogP contribution in [-0.4, -0.2) is 31.3 Å². The first kappa shape index (κ1) is 9.77. The fourth-order valence-electron chi connectivity index (χ4n) is 1.80. The summed E-state index contributed by atoms with van der Waals surface area (Å²) in [6.45, 7) is 1.50. The van der Waals surface area contributed by atoms with Gasteiger partial charge in [-0.05, 0) is 32.1 Å². The van der Waals surface area contributed by atoms with Gasteiger partial charge in [0.25, 0.3) is 0 Å². The Balaban J connectivity index is 1.57. The SMILES string of the molecule is O=C(NCC1CCCO1)NC1CCC1. The molecule has 0 aromatic rings. The Morgan fingerprint density at radius 2 is 2.14 bits per heavy atom. The number of amides is 2. The number of hydrogen-bond donors (Lipinski definition) is 2. The van der Waals surface area contributed by atoms with Gasteiger partial charge < -0.3 is 15.4 Å². The summed E-state index contributed by atoms with van der Waals surface area (Å²) in [5.41, 5.74) is 0. The van der Waals surface area contributed by atoms with Crippen LogP contribution in [-0.2, 0) is 4.74 Å². The first-order valence-electron chi connectivity index (χ1n) is 5.50. The monoisotopic (exact) mass is 198 g/mol. The lowest BCUT2D eigenvalue weighted by atomic mass is 9.93. The molecular weight excluding hydrogens is 180 g/mol. The largest absolute Gasteiger partial charge is 0.376 e. The first-order valence-corrected chi connectivity index (χ1v) is 5.50. The summed E-state index contributed by atoms with van der Waals surface area (Å²) in [6.07, 6.45) is 5.94. The number of urea groups is 1. The maximum atomic E-state index is 11.3. The highest BCUT2D eigenvalue weighted by Gasteiger charge is 2.20. The molecule has 1 atom stereocenters. The second kappa shape index (κ2) is 4.64. The Morgan fingerprint density at radius 3 is 2.71 bits per heavy atom. The van der Waals surface area contributed by atoms with Crippen molar-refractivity contribution in [1.82, 2.24) is 10.6 Å². The van der Waals surface area contributed by atoms with Crippen LogP contribution in [0.25, 0.3) is 0 Å². The average molecular weight is 198 g/mol. The minimum atomic E-state index is -0.0369. The number of nitrogens with one attached hydrogen (secondary N) is 2. The molecule has 1 saturated carbocycles. The molecule has 0 spiro atoms. The van der Waals surface area contributed by atoms with E-state index in [2.05, 4.69) is 10.6 Å². The third-order valence-electron chi connectivity index (χ3n) is 2.95. The Morgan fingerprint density at radius 1 is 1.29 bits per heavy atom. The third-order valence-corrected chi connectivity index (χ3v) is 2.95. The fraction of sp³-hybridized carbons (Fsp3) is 0.900. The van der Waals surface area contributed by atoms with Crippen LogP contribution < -0.4 is 10.6 Å². The van der Waals surface area contributed by atoms with E-state index >= 15 is 0 Å². The van der Waals surface area contributed by atoms with E-state index in [1.807, 2.05) is 0 Å². The topological polar surface area (TPSA) is 50.4 Å². The van der Waals surface area contributed by atoms with Gasteiger partial charge in [-0.2, -0.15) is 0 Å². The quantitative estimate of drug-likeness (QED) is 0.711. The Labute approximate surface area is 84.4 Å². The van der Waals surface area contributed by atoms with Crippen LogP contribution in [0.15, 0.2) is 0 Å². The number of ether oxygens (including phenoxy) is 1. The highest BCUT2D eigenvalue weighted by atomic mass is 16.5. The van der Waals surface area contributed by atoms with Crippen molar-refractivity contribution < 1.29 is 9.53 Å².